The van der Waals surface area contributed by atoms with Gasteiger partial charge in [0.05, 0.1) is 11.4 Å². The second kappa shape index (κ2) is 11.5. The summed E-state index contributed by atoms with van der Waals surface area (Å²) in [5, 5.41) is 19.0. The summed E-state index contributed by atoms with van der Waals surface area (Å²) in [5.41, 5.74) is 7.16. The first kappa shape index (κ1) is 21.1. The van der Waals surface area contributed by atoms with Gasteiger partial charge in [-0.2, -0.15) is 10.2 Å². The molecule has 0 saturated heterocycles. The van der Waals surface area contributed by atoms with Gasteiger partial charge in [-0.15, -0.1) is 0 Å². The van der Waals surface area contributed by atoms with Gasteiger partial charge >= 0.3 is 12.2 Å². The number of ether oxygens (including phenoxy) is 1. The number of nitrogens with one attached hydrogen (secondary N) is 1. The van der Waals surface area contributed by atoms with Gasteiger partial charge in [-0.1, -0.05) is 48.5 Å². The fraction of sp³-hybridized carbons (Fsp3) is 0.0476. The van der Waals surface area contributed by atoms with Crippen molar-refractivity contribution in [3.8, 4) is 5.75 Å². The van der Waals surface area contributed by atoms with Crippen LogP contribution in [0.2, 0.25) is 0 Å². The molecule has 0 aliphatic rings. The smallest absolute Gasteiger partial charge is 0.409 e. The van der Waals surface area contributed by atoms with E-state index in [4.69, 9.17) is 10.8 Å². The number of primary amides is 1. The number of benzene rings is 3. The van der Waals surface area contributed by atoms with Crippen LogP contribution in [0.4, 0.5) is 21.0 Å². The van der Waals surface area contributed by atoms with Crippen molar-refractivity contribution in [1.82, 2.24) is 5.32 Å². The Hall–Kier alpha value is -4.20. The molecule has 4 N–H and O–H groups in total. The van der Waals surface area contributed by atoms with Crippen molar-refractivity contribution >= 4 is 23.6 Å². The molecule has 3 rings (SSSR count). The van der Waals surface area contributed by atoms with E-state index in [0.29, 0.717) is 5.75 Å². The quantitative estimate of drug-likeness (QED) is 0.527. The molecule has 3 aromatic carbocycles. The van der Waals surface area contributed by atoms with Crippen molar-refractivity contribution in [1.29, 1.82) is 0 Å². The summed E-state index contributed by atoms with van der Waals surface area (Å²) in [5.74, 6) is 0.468. The number of hydrogen-bond acceptors (Lipinski definition) is 5. The second-order valence-corrected chi connectivity index (χ2v) is 5.59. The lowest BCUT2D eigenvalue weighted by Crippen LogP contribution is -2.19. The number of para-hydroxylation sites is 1. The van der Waals surface area contributed by atoms with Crippen LogP contribution in [0.3, 0.4) is 0 Å². The van der Waals surface area contributed by atoms with Crippen molar-refractivity contribution in [2.45, 2.75) is 6.54 Å². The maximum atomic E-state index is 10.4. The first-order chi connectivity index (χ1) is 14.0. The van der Waals surface area contributed by atoms with E-state index in [-0.39, 0.29) is 6.54 Å². The Kier molecular flexibility index (Phi) is 8.37. The highest BCUT2D eigenvalue weighted by Crippen LogP contribution is 2.18. The molecule has 0 atom stereocenters. The van der Waals surface area contributed by atoms with Crippen LogP contribution in [-0.4, -0.2) is 17.3 Å². The molecule has 8 nitrogen and oxygen atoms in total. The predicted octanol–water partition coefficient (Wildman–Crippen LogP) is 5.01. The van der Waals surface area contributed by atoms with Crippen molar-refractivity contribution in [3.63, 3.8) is 0 Å². The zero-order chi connectivity index (χ0) is 20.9. The van der Waals surface area contributed by atoms with Gasteiger partial charge in [0.25, 0.3) is 0 Å². The fourth-order valence-electron chi connectivity index (χ4n) is 2.07. The highest BCUT2D eigenvalue weighted by Gasteiger charge is 1.97. The number of carbonyl (C=O) groups excluding carboxylic acids is 1. The monoisotopic (exact) mass is 392 g/mol. The Bertz CT molecular complexity index is 930. The van der Waals surface area contributed by atoms with Crippen LogP contribution in [0.25, 0.3) is 0 Å². The number of rotatable bonds is 5. The molecule has 0 spiro atoms. The Morgan fingerprint density at radius 2 is 1.34 bits per heavy atom. The second-order valence-electron chi connectivity index (χ2n) is 5.59. The van der Waals surface area contributed by atoms with E-state index in [1.807, 2.05) is 48.5 Å². The molecule has 0 heterocycles. The third kappa shape index (κ3) is 8.83. The molecule has 0 fully saturated rings. The molecule has 3 aromatic rings. The average molecular weight is 392 g/mol. The van der Waals surface area contributed by atoms with Crippen molar-refractivity contribution < 1.29 is 19.4 Å². The molecule has 0 aliphatic heterocycles. The highest BCUT2D eigenvalue weighted by molar-refractivity contribution is 5.67. The third-order valence-electron chi connectivity index (χ3n) is 3.38. The van der Waals surface area contributed by atoms with Gasteiger partial charge in [0.1, 0.15) is 5.75 Å². The number of carbonyl (C=O) groups is 2. The molecule has 0 bridgehead atoms. The lowest BCUT2D eigenvalue weighted by molar-refractivity contribution is 0.194. The number of nitrogens with zero attached hydrogens (tertiary/aromatic N) is 2. The molecule has 29 heavy (non-hydrogen) atoms. The van der Waals surface area contributed by atoms with E-state index >= 15 is 0 Å². The van der Waals surface area contributed by atoms with E-state index in [1.54, 1.807) is 36.4 Å². The third-order valence-corrected chi connectivity index (χ3v) is 3.38. The van der Waals surface area contributed by atoms with Crippen molar-refractivity contribution in [2.75, 3.05) is 0 Å². The normalized spacial score (nSPS) is 9.93. The summed E-state index contributed by atoms with van der Waals surface area (Å²) in [4.78, 5) is 20.5. The molecule has 0 saturated carbocycles. The zero-order valence-corrected chi connectivity index (χ0v) is 15.4. The lowest BCUT2D eigenvalue weighted by Gasteiger charge is -2.01. The van der Waals surface area contributed by atoms with E-state index in [2.05, 4.69) is 20.3 Å². The van der Waals surface area contributed by atoms with Gasteiger partial charge in [-0.05, 0) is 42.0 Å². The van der Waals surface area contributed by atoms with Gasteiger partial charge in [0.2, 0.25) is 0 Å². The van der Waals surface area contributed by atoms with Crippen LogP contribution in [0.15, 0.2) is 95.2 Å². The summed E-state index contributed by atoms with van der Waals surface area (Å²) in [6.07, 6.45) is -1.82. The molecule has 0 aromatic heterocycles. The Balaban J connectivity index is 0.000000253. The van der Waals surface area contributed by atoms with Gasteiger partial charge < -0.3 is 20.9 Å². The average Bonchev–Trinajstić information content (AvgIpc) is 2.73. The topological polar surface area (TPSA) is 126 Å². The van der Waals surface area contributed by atoms with Crippen molar-refractivity contribution in [2.24, 2.45) is 16.0 Å². The molecule has 148 valence electrons. The Morgan fingerprint density at radius 3 is 1.86 bits per heavy atom. The minimum atomic E-state index is -1.03. The molecule has 8 heteroatoms. The maximum Gasteiger partial charge on any atom is 0.409 e. The lowest BCUT2D eigenvalue weighted by atomic mass is 10.2. The van der Waals surface area contributed by atoms with Gasteiger partial charge in [0.15, 0.2) is 0 Å². The van der Waals surface area contributed by atoms with Gasteiger partial charge in [-0.25, -0.2) is 9.59 Å². The zero-order valence-electron chi connectivity index (χ0n) is 15.4. The van der Waals surface area contributed by atoms with Crippen LogP contribution < -0.4 is 15.8 Å². The SMILES string of the molecule is NC(=O)Oc1ccccc1.O=C(O)NCc1ccc(N=Nc2ccccc2)cc1. The number of carboxylic acid groups (broad SMARTS) is 1. The molecule has 0 radical (unpaired) electrons. The summed E-state index contributed by atoms with van der Waals surface area (Å²) >= 11 is 0. The van der Waals surface area contributed by atoms with Gasteiger partial charge in [0, 0.05) is 6.54 Å². The summed E-state index contributed by atoms with van der Waals surface area (Å²) in [6.45, 7) is 0.283. The summed E-state index contributed by atoms with van der Waals surface area (Å²) in [7, 11) is 0. The van der Waals surface area contributed by atoms with Crippen LogP contribution in [0, 0.1) is 0 Å². The highest BCUT2D eigenvalue weighted by atomic mass is 16.5. The van der Waals surface area contributed by atoms with Crippen molar-refractivity contribution in [3.05, 3.63) is 90.5 Å². The number of amides is 2. The first-order valence-corrected chi connectivity index (χ1v) is 8.58. The minimum Gasteiger partial charge on any atom is -0.465 e. The van der Waals surface area contributed by atoms with Gasteiger partial charge in [-0.3, -0.25) is 0 Å². The van der Waals surface area contributed by atoms with E-state index in [9.17, 15) is 9.59 Å². The van der Waals surface area contributed by atoms with E-state index < -0.39 is 12.2 Å². The van der Waals surface area contributed by atoms with Crippen LogP contribution in [-0.2, 0) is 6.54 Å². The Labute approximate surface area is 167 Å². The van der Waals surface area contributed by atoms with Crippen LogP contribution in [0.5, 0.6) is 5.75 Å². The minimum absolute atomic E-state index is 0.283. The predicted molar refractivity (Wildman–Crippen MR) is 109 cm³/mol. The molecule has 0 aliphatic carbocycles. The first-order valence-electron chi connectivity index (χ1n) is 8.58. The fourth-order valence-corrected chi connectivity index (χ4v) is 2.07. The molecule has 0 unspecified atom stereocenters. The van der Waals surface area contributed by atoms with Crippen LogP contribution in [0.1, 0.15) is 5.56 Å². The number of hydrogen-bond donors (Lipinski definition) is 3. The largest absolute Gasteiger partial charge is 0.465 e. The standard InChI is InChI=1S/C14H13N3O2.C7H7NO2/c18-14(19)15-10-11-6-8-13(9-7-11)17-16-12-4-2-1-3-5-12;8-7(9)10-6-4-2-1-3-5-6/h1-9,15H,10H2,(H,18,19);1-5H,(H2,8,9). The summed E-state index contributed by atoms with van der Waals surface area (Å²) in [6, 6.07) is 25.3. The van der Waals surface area contributed by atoms with E-state index in [1.165, 1.54) is 0 Å². The molecule has 2 amide bonds. The van der Waals surface area contributed by atoms with E-state index in [0.717, 1.165) is 16.9 Å². The number of nitrogens with two attached hydrogens (primary N) is 1. The molecular weight excluding hydrogens is 372 g/mol. The summed E-state index contributed by atoms with van der Waals surface area (Å²) < 4.78 is 4.55. The Morgan fingerprint density at radius 1 is 0.828 bits per heavy atom. The molecular formula is C21H20N4O4. The number of azo groups is 1. The maximum absolute atomic E-state index is 10.4. The van der Waals surface area contributed by atoms with Crippen LogP contribution >= 0.6 is 0 Å².